The van der Waals surface area contributed by atoms with E-state index < -0.39 is 0 Å². The third-order valence-electron chi connectivity index (χ3n) is 4.59. The molecule has 1 amide bonds. The first-order valence-electron chi connectivity index (χ1n) is 9.60. The molecular weight excluding hydrogens is 452 g/mol. The van der Waals surface area contributed by atoms with Crippen molar-refractivity contribution in [3.05, 3.63) is 53.4 Å². The maximum absolute atomic E-state index is 12.5. The third kappa shape index (κ3) is 5.28. The van der Waals surface area contributed by atoms with Crippen molar-refractivity contribution in [2.75, 3.05) is 37.6 Å². The standard InChI is InChI=1S/C22H22N2O4S3/c1-26-14-7-8-18(27-2)16(11-14)17-13-31-22(23-17)24-20(25)12-28-19-6-4-3-5-15(19)21-29-9-10-30-21/h3-8,11,13,21H,9-10,12H2,1-2H3,(H,23,24,25). The molecule has 162 valence electrons. The van der Waals surface area contributed by atoms with Crippen LogP contribution in [-0.4, -0.2) is 43.2 Å². The second kappa shape index (κ2) is 10.3. The van der Waals surface area contributed by atoms with Crippen molar-refractivity contribution in [1.29, 1.82) is 0 Å². The minimum atomic E-state index is -0.250. The van der Waals surface area contributed by atoms with Crippen LogP contribution in [0.2, 0.25) is 0 Å². The molecule has 1 aliphatic heterocycles. The smallest absolute Gasteiger partial charge is 0.264 e. The Labute approximate surface area is 193 Å². The fourth-order valence-corrected chi connectivity index (χ4v) is 6.75. The molecule has 0 saturated carbocycles. The molecule has 0 spiro atoms. The van der Waals surface area contributed by atoms with Gasteiger partial charge in [0.25, 0.3) is 5.91 Å². The predicted octanol–water partition coefficient (Wildman–Crippen LogP) is 5.32. The van der Waals surface area contributed by atoms with Crippen molar-refractivity contribution >= 4 is 45.9 Å². The molecule has 0 unspecified atom stereocenters. The molecule has 1 aromatic heterocycles. The van der Waals surface area contributed by atoms with E-state index in [1.54, 1.807) is 14.2 Å². The summed E-state index contributed by atoms with van der Waals surface area (Å²) in [6, 6.07) is 13.4. The van der Waals surface area contributed by atoms with E-state index in [-0.39, 0.29) is 12.5 Å². The Kier molecular flexibility index (Phi) is 7.26. The molecule has 1 N–H and O–H groups in total. The number of aromatic nitrogens is 1. The summed E-state index contributed by atoms with van der Waals surface area (Å²) in [7, 11) is 3.22. The van der Waals surface area contributed by atoms with Crippen molar-refractivity contribution in [1.82, 2.24) is 4.98 Å². The SMILES string of the molecule is COc1ccc(OC)c(-c2csc(NC(=O)COc3ccccc3C3SCCS3)n2)c1. The summed E-state index contributed by atoms with van der Waals surface area (Å²) >= 11 is 5.16. The number of thiazole rings is 1. The van der Waals surface area contributed by atoms with Gasteiger partial charge >= 0.3 is 0 Å². The van der Waals surface area contributed by atoms with Gasteiger partial charge in [0.05, 0.1) is 24.5 Å². The van der Waals surface area contributed by atoms with Gasteiger partial charge < -0.3 is 14.2 Å². The highest BCUT2D eigenvalue weighted by Gasteiger charge is 2.22. The Morgan fingerprint density at radius 2 is 1.90 bits per heavy atom. The molecule has 3 aromatic rings. The second-order valence-electron chi connectivity index (χ2n) is 6.55. The molecule has 2 heterocycles. The molecular formula is C22H22N2O4S3. The highest BCUT2D eigenvalue weighted by molar-refractivity contribution is 8.19. The van der Waals surface area contributed by atoms with Gasteiger partial charge in [-0.25, -0.2) is 4.98 Å². The molecule has 0 aliphatic carbocycles. The molecule has 0 radical (unpaired) electrons. The van der Waals surface area contributed by atoms with Crippen molar-refractivity contribution in [2.24, 2.45) is 0 Å². The summed E-state index contributed by atoms with van der Waals surface area (Å²) in [5, 5.41) is 5.19. The molecule has 0 atom stereocenters. The minimum Gasteiger partial charge on any atom is -0.497 e. The molecule has 6 nitrogen and oxygen atoms in total. The number of amides is 1. The van der Waals surface area contributed by atoms with Crippen LogP contribution in [0.3, 0.4) is 0 Å². The lowest BCUT2D eigenvalue weighted by Gasteiger charge is -2.14. The lowest BCUT2D eigenvalue weighted by molar-refractivity contribution is -0.118. The number of hydrogen-bond acceptors (Lipinski definition) is 8. The number of thioether (sulfide) groups is 2. The molecule has 0 bridgehead atoms. The summed E-state index contributed by atoms with van der Waals surface area (Å²) in [6.45, 7) is -0.0730. The van der Waals surface area contributed by atoms with E-state index in [4.69, 9.17) is 14.2 Å². The summed E-state index contributed by atoms with van der Waals surface area (Å²) in [5.41, 5.74) is 2.64. The average Bonchev–Trinajstić information content (AvgIpc) is 3.50. The lowest BCUT2D eigenvalue weighted by Crippen LogP contribution is -2.20. The monoisotopic (exact) mass is 474 g/mol. The van der Waals surface area contributed by atoms with Gasteiger partial charge in [-0.3, -0.25) is 10.1 Å². The van der Waals surface area contributed by atoms with E-state index >= 15 is 0 Å². The topological polar surface area (TPSA) is 69.7 Å². The zero-order valence-electron chi connectivity index (χ0n) is 17.1. The summed E-state index contributed by atoms with van der Waals surface area (Å²) in [4.78, 5) is 17.0. The van der Waals surface area contributed by atoms with Gasteiger partial charge in [0.2, 0.25) is 0 Å². The molecule has 4 rings (SSSR count). The first-order valence-corrected chi connectivity index (χ1v) is 12.6. The molecule has 1 fully saturated rings. The maximum Gasteiger partial charge on any atom is 0.264 e. The zero-order chi connectivity index (χ0) is 21.6. The van der Waals surface area contributed by atoms with E-state index in [0.717, 1.165) is 28.4 Å². The summed E-state index contributed by atoms with van der Waals surface area (Å²) in [5.74, 6) is 4.17. The van der Waals surface area contributed by atoms with Gasteiger partial charge in [-0.15, -0.1) is 34.9 Å². The number of nitrogens with zero attached hydrogens (tertiary/aromatic N) is 1. The number of rotatable bonds is 8. The number of benzene rings is 2. The van der Waals surface area contributed by atoms with Gasteiger partial charge in [-0.1, -0.05) is 18.2 Å². The lowest BCUT2D eigenvalue weighted by atomic mass is 10.1. The van der Waals surface area contributed by atoms with Crippen LogP contribution in [0.1, 0.15) is 10.1 Å². The molecule has 9 heteroatoms. The quantitative estimate of drug-likeness (QED) is 0.474. The predicted molar refractivity (Wildman–Crippen MR) is 129 cm³/mol. The largest absolute Gasteiger partial charge is 0.497 e. The van der Waals surface area contributed by atoms with Crippen LogP contribution in [0.25, 0.3) is 11.3 Å². The first kappa shape index (κ1) is 21.9. The van der Waals surface area contributed by atoms with Crippen LogP contribution in [0.15, 0.2) is 47.8 Å². The fourth-order valence-electron chi connectivity index (χ4n) is 3.11. The minimum absolute atomic E-state index is 0.0730. The van der Waals surface area contributed by atoms with Crippen molar-refractivity contribution in [3.63, 3.8) is 0 Å². The Morgan fingerprint density at radius 3 is 2.68 bits per heavy atom. The number of carbonyl (C=O) groups is 1. The van der Waals surface area contributed by atoms with Gasteiger partial charge in [0, 0.05) is 28.0 Å². The zero-order valence-corrected chi connectivity index (χ0v) is 19.6. The molecule has 1 aliphatic rings. The van der Waals surface area contributed by atoms with Crippen molar-refractivity contribution in [2.45, 2.75) is 4.58 Å². The van der Waals surface area contributed by atoms with Crippen LogP contribution in [0.4, 0.5) is 5.13 Å². The molecule has 31 heavy (non-hydrogen) atoms. The van der Waals surface area contributed by atoms with E-state index in [1.807, 2.05) is 65.3 Å². The van der Waals surface area contributed by atoms with Crippen LogP contribution < -0.4 is 19.5 Å². The van der Waals surface area contributed by atoms with Crippen LogP contribution in [0.5, 0.6) is 17.2 Å². The number of hydrogen-bond donors (Lipinski definition) is 1. The number of methoxy groups -OCH3 is 2. The van der Waals surface area contributed by atoms with Gasteiger partial charge in [0.1, 0.15) is 17.2 Å². The van der Waals surface area contributed by atoms with Gasteiger partial charge in [-0.05, 0) is 24.3 Å². The fraction of sp³-hybridized carbons (Fsp3) is 0.273. The van der Waals surface area contributed by atoms with Crippen molar-refractivity contribution in [3.8, 4) is 28.5 Å². The number of nitrogens with one attached hydrogen (secondary N) is 1. The average molecular weight is 475 g/mol. The second-order valence-corrected chi connectivity index (χ2v) is 10.1. The van der Waals surface area contributed by atoms with Crippen LogP contribution >= 0.6 is 34.9 Å². The Hall–Kier alpha value is -2.36. The highest BCUT2D eigenvalue weighted by atomic mass is 32.2. The Morgan fingerprint density at radius 1 is 1.10 bits per heavy atom. The van der Waals surface area contributed by atoms with Gasteiger partial charge in [0.15, 0.2) is 11.7 Å². The Bertz CT molecular complexity index is 1050. The van der Waals surface area contributed by atoms with E-state index in [0.29, 0.717) is 26.9 Å². The summed E-state index contributed by atoms with van der Waals surface area (Å²) < 4.78 is 16.9. The van der Waals surface area contributed by atoms with E-state index in [1.165, 1.54) is 11.3 Å². The molecule has 2 aromatic carbocycles. The van der Waals surface area contributed by atoms with Crippen molar-refractivity contribution < 1.29 is 19.0 Å². The highest BCUT2D eigenvalue weighted by Crippen LogP contribution is 2.48. The Balaban J connectivity index is 1.40. The molecule has 1 saturated heterocycles. The maximum atomic E-state index is 12.5. The van der Waals surface area contributed by atoms with Gasteiger partial charge in [-0.2, -0.15) is 0 Å². The normalized spacial score (nSPS) is 13.7. The van der Waals surface area contributed by atoms with E-state index in [9.17, 15) is 4.79 Å². The number of ether oxygens (including phenoxy) is 3. The van der Waals surface area contributed by atoms with Crippen LogP contribution in [0, 0.1) is 0 Å². The van der Waals surface area contributed by atoms with Crippen LogP contribution in [-0.2, 0) is 4.79 Å². The summed E-state index contributed by atoms with van der Waals surface area (Å²) in [6.07, 6.45) is 0. The van der Waals surface area contributed by atoms with E-state index in [2.05, 4.69) is 16.4 Å². The third-order valence-corrected chi connectivity index (χ3v) is 8.41. The first-order chi connectivity index (χ1) is 15.2. The number of carbonyl (C=O) groups excluding carboxylic acids is 1. The number of para-hydroxylation sites is 1. The number of anilines is 1.